The predicted molar refractivity (Wildman–Crippen MR) is 133 cm³/mol. The molecule has 180 valence electrons. The van der Waals surface area contributed by atoms with Crippen LogP contribution in [0, 0.1) is 0 Å². The molecule has 1 saturated heterocycles. The van der Waals surface area contributed by atoms with E-state index in [0.29, 0.717) is 17.7 Å². The molecule has 0 unspecified atom stereocenters. The number of benzene rings is 2. The van der Waals surface area contributed by atoms with Crippen molar-refractivity contribution in [1.29, 1.82) is 0 Å². The van der Waals surface area contributed by atoms with Crippen LogP contribution in [0.25, 0.3) is 10.4 Å². The molecule has 0 saturated carbocycles. The fourth-order valence-electron chi connectivity index (χ4n) is 4.54. The fraction of sp³-hybridized carbons (Fsp3) is 0.240. The second-order valence-corrected chi connectivity index (χ2v) is 11.5. The lowest BCUT2D eigenvalue weighted by atomic mass is 9.96. The molecule has 2 atom stereocenters. The average molecular weight is 510 g/mol. The standard InChI is InChI=1S/C25H23N3O5S2/c29-23(15-35(32,33)18-5-2-1-3-6-18)26-17-10-11-28-21(14-17)24(30)27-20-9-8-16(13-19(20)25(28)31)22-7-4-12-34-22/h1-9,12-13,17,21H,10-11,14-15H2,(H,26,29)(H,27,30)/t17-,21-/m0/s1. The van der Waals surface area contributed by atoms with Gasteiger partial charge in [0.1, 0.15) is 11.8 Å². The van der Waals surface area contributed by atoms with Crippen molar-refractivity contribution in [2.45, 2.75) is 29.8 Å². The SMILES string of the molecule is O=C(CS(=O)(=O)c1ccccc1)N[C@H]1CCN2C(=O)c3cc(-c4cccs4)ccc3NC(=O)[C@@H]2C1. The number of anilines is 1. The Kier molecular flexibility index (Phi) is 6.16. The van der Waals surface area contributed by atoms with Crippen LogP contribution in [0.3, 0.4) is 0 Å². The van der Waals surface area contributed by atoms with Crippen molar-refractivity contribution in [3.63, 3.8) is 0 Å². The largest absolute Gasteiger partial charge is 0.352 e. The highest BCUT2D eigenvalue weighted by Crippen LogP contribution is 2.33. The molecule has 8 nitrogen and oxygen atoms in total. The molecule has 35 heavy (non-hydrogen) atoms. The van der Waals surface area contributed by atoms with Gasteiger partial charge >= 0.3 is 0 Å². The fourth-order valence-corrected chi connectivity index (χ4v) is 6.43. The number of amides is 3. The summed E-state index contributed by atoms with van der Waals surface area (Å²) < 4.78 is 25.0. The molecule has 3 aromatic rings. The van der Waals surface area contributed by atoms with Crippen molar-refractivity contribution in [2.75, 3.05) is 17.6 Å². The second kappa shape index (κ2) is 9.27. The Bertz CT molecular complexity index is 1390. The molecule has 2 N–H and O–H groups in total. The lowest BCUT2D eigenvalue weighted by molar-refractivity contribution is -0.124. The van der Waals surface area contributed by atoms with Gasteiger partial charge in [0, 0.05) is 17.5 Å². The van der Waals surface area contributed by atoms with Gasteiger partial charge in [0.15, 0.2) is 9.84 Å². The molecule has 0 spiro atoms. The third-order valence-corrected chi connectivity index (χ3v) is 8.82. The third-order valence-electron chi connectivity index (χ3n) is 6.27. The highest BCUT2D eigenvalue weighted by molar-refractivity contribution is 7.92. The van der Waals surface area contributed by atoms with Crippen LogP contribution in [0.5, 0.6) is 0 Å². The van der Waals surface area contributed by atoms with Gasteiger partial charge in [-0.05, 0) is 54.1 Å². The van der Waals surface area contributed by atoms with Crippen LogP contribution in [0.4, 0.5) is 5.69 Å². The van der Waals surface area contributed by atoms with Crippen molar-refractivity contribution >= 4 is 44.6 Å². The summed E-state index contributed by atoms with van der Waals surface area (Å²) in [5.41, 5.74) is 1.80. The Labute approximate surface area is 206 Å². The molecule has 0 radical (unpaired) electrons. The van der Waals surface area contributed by atoms with E-state index in [1.807, 2.05) is 23.6 Å². The molecule has 5 rings (SSSR count). The Morgan fingerprint density at radius 3 is 2.63 bits per heavy atom. The van der Waals surface area contributed by atoms with Crippen LogP contribution in [0.1, 0.15) is 23.2 Å². The number of rotatable bonds is 5. The number of nitrogens with one attached hydrogen (secondary N) is 2. The van der Waals surface area contributed by atoms with Gasteiger partial charge in [-0.3, -0.25) is 14.4 Å². The Balaban J connectivity index is 1.29. The minimum atomic E-state index is -3.77. The zero-order valence-electron chi connectivity index (χ0n) is 18.6. The van der Waals surface area contributed by atoms with Crippen LogP contribution in [-0.4, -0.2) is 55.4 Å². The number of carbonyl (C=O) groups is 3. The number of piperidine rings is 1. The van der Waals surface area contributed by atoms with E-state index < -0.39 is 33.6 Å². The quantitative estimate of drug-likeness (QED) is 0.549. The lowest BCUT2D eigenvalue weighted by Gasteiger charge is -2.37. The van der Waals surface area contributed by atoms with Crippen molar-refractivity contribution < 1.29 is 22.8 Å². The number of hydrogen-bond acceptors (Lipinski definition) is 6. The Hall–Kier alpha value is -3.50. The van der Waals surface area contributed by atoms with E-state index in [9.17, 15) is 22.8 Å². The number of hydrogen-bond donors (Lipinski definition) is 2. The minimum absolute atomic E-state index is 0.0818. The summed E-state index contributed by atoms with van der Waals surface area (Å²) in [5, 5.41) is 7.56. The van der Waals surface area contributed by atoms with Crippen molar-refractivity contribution in [2.24, 2.45) is 0 Å². The summed E-state index contributed by atoms with van der Waals surface area (Å²) in [6.45, 7) is 0.274. The van der Waals surface area contributed by atoms with Crippen LogP contribution in [-0.2, 0) is 19.4 Å². The molecule has 0 aliphatic carbocycles. The smallest absolute Gasteiger partial charge is 0.256 e. The maximum absolute atomic E-state index is 13.4. The summed E-state index contributed by atoms with van der Waals surface area (Å²) in [5.74, 6) is -1.87. The maximum Gasteiger partial charge on any atom is 0.256 e. The molecule has 0 bridgehead atoms. The number of fused-ring (bicyclic) bond motifs is 2. The lowest BCUT2D eigenvalue weighted by Crippen LogP contribution is -2.55. The molecule has 2 aliphatic heterocycles. The van der Waals surface area contributed by atoms with E-state index in [0.717, 1.165) is 10.4 Å². The number of nitrogens with zero attached hydrogens (tertiary/aromatic N) is 1. The van der Waals surface area contributed by atoms with E-state index in [4.69, 9.17) is 0 Å². The molecule has 2 aromatic carbocycles. The molecular weight excluding hydrogens is 486 g/mol. The number of thiophene rings is 1. The first-order valence-electron chi connectivity index (χ1n) is 11.2. The van der Waals surface area contributed by atoms with E-state index in [1.165, 1.54) is 12.1 Å². The van der Waals surface area contributed by atoms with Crippen LogP contribution in [0.15, 0.2) is 70.9 Å². The number of carbonyl (C=O) groups excluding carboxylic acids is 3. The highest BCUT2D eigenvalue weighted by Gasteiger charge is 2.40. The van der Waals surface area contributed by atoms with Crippen LogP contribution < -0.4 is 10.6 Å². The number of sulfone groups is 1. The first kappa shape index (κ1) is 23.3. The summed E-state index contributed by atoms with van der Waals surface area (Å²) in [4.78, 5) is 41.6. The normalized spacial score (nSPS) is 19.8. The van der Waals surface area contributed by atoms with Gasteiger partial charge < -0.3 is 15.5 Å². The van der Waals surface area contributed by atoms with Gasteiger partial charge in [-0.15, -0.1) is 11.3 Å². The molecule has 3 heterocycles. The van der Waals surface area contributed by atoms with E-state index in [2.05, 4.69) is 10.6 Å². The Morgan fingerprint density at radius 1 is 1.09 bits per heavy atom. The van der Waals surface area contributed by atoms with Crippen LogP contribution in [0.2, 0.25) is 0 Å². The zero-order valence-corrected chi connectivity index (χ0v) is 20.3. The molecule has 10 heteroatoms. The van der Waals surface area contributed by atoms with Gasteiger partial charge in [0.05, 0.1) is 16.1 Å². The molecule has 1 fully saturated rings. The zero-order chi connectivity index (χ0) is 24.6. The highest BCUT2D eigenvalue weighted by atomic mass is 32.2. The molecule has 3 amide bonds. The van der Waals surface area contributed by atoms with Crippen LogP contribution >= 0.6 is 11.3 Å². The molecule has 1 aromatic heterocycles. The minimum Gasteiger partial charge on any atom is -0.352 e. The van der Waals surface area contributed by atoms with E-state index in [-0.39, 0.29) is 29.7 Å². The van der Waals surface area contributed by atoms with E-state index in [1.54, 1.807) is 46.6 Å². The Morgan fingerprint density at radius 2 is 1.89 bits per heavy atom. The summed E-state index contributed by atoms with van der Waals surface area (Å²) in [6.07, 6.45) is 0.632. The van der Waals surface area contributed by atoms with Crippen molar-refractivity contribution in [1.82, 2.24) is 10.2 Å². The second-order valence-electron chi connectivity index (χ2n) is 8.60. The van der Waals surface area contributed by atoms with Crippen molar-refractivity contribution in [3.05, 3.63) is 71.6 Å². The summed E-state index contributed by atoms with van der Waals surface area (Å²) >= 11 is 1.57. The third kappa shape index (κ3) is 4.71. The topological polar surface area (TPSA) is 113 Å². The molecule has 2 aliphatic rings. The van der Waals surface area contributed by atoms with Gasteiger partial charge in [-0.1, -0.05) is 30.3 Å². The summed E-state index contributed by atoms with van der Waals surface area (Å²) in [6, 6.07) is 16.0. The first-order valence-corrected chi connectivity index (χ1v) is 13.7. The van der Waals surface area contributed by atoms with E-state index >= 15 is 0 Å². The monoisotopic (exact) mass is 509 g/mol. The van der Waals surface area contributed by atoms with Crippen molar-refractivity contribution in [3.8, 4) is 10.4 Å². The predicted octanol–water partition coefficient (Wildman–Crippen LogP) is 2.93. The molecular formula is C25H23N3O5S2. The average Bonchev–Trinajstić information content (AvgIpc) is 3.36. The first-order chi connectivity index (χ1) is 16.8. The maximum atomic E-state index is 13.4. The van der Waals surface area contributed by atoms with Gasteiger partial charge in [0.25, 0.3) is 5.91 Å². The van der Waals surface area contributed by atoms with Gasteiger partial charge in [-0.25, -0.2) is 8.42 Å². The summed E-state index contributed by atoms with van der Waals surface area (Å²) in [7, 11) is -3.77. The van der Waals surface area contributed by atoms with Gasteiger partial charge in [-0.2, -0.15) is 0 Å². The van der Waals surface area contributed by atoms with Gasteiger partial charge in [0.2, 0.25) is 11.8 Å².